The number of ether oxygens (including phenoxy) is 1. The van der Waals surface area contributed by atoms with Crippen LogP contribution >= 0.6 is 46.4 Å². The minimum absolute atomic E-state index is 0.0306. The molecule has 0 fully saturated rings. The molecule has 0 saturated carbocycles. The van der Waals surface area contributed by atoms with Gasteiger partial charge in [0.2, 0.25) is 34.4 Å². The molecule has 6 aromatic rings. The number of aromatic nitrogens is 7. The molecule has 3 aliphatic rings. The van der Waals surface area contributed by atoms with Gasteiger partial charge in [-0.1, -0.05) is 30.1 Å². The van der Waals surface area contributed by atoms with E-state index in [-0.39, 0.29) is 134 Å². The standard InChI is InChI=1S/C42H34Cl4N14O17S5/c1-2-19-30-35(77-33-23(51-30)8-7-22(28(33)43)47-11-13-49-39-55-37(45)57-41(59-39)53-20-5-3-17(78(61,62)63)15-26(20)80(67,68)69)29(44)31-32(19)76-34-24(52-31)9-10-25(36(34)82(73,74)75)48-12-14-50-40-56-38(46)58-42(60-40)54-21-6-4-18(79(64,65)66)16-27(21)81(70,71)72/h3-10,15-16,48,52H,2,11-14H2,1H3,(H,61,62,63)(H,64,65,66)(H,67,68,69)(H,70,71,72)(H,73,74,75)(H2,49,53,55,57,59)(H2,50,54,56,58,60). The lowest BCUT2D eigenvalue weighted by Crippen LogP contribution is -2.18. The Bertz CT molecular complexity index is 4610. The molecular weight excluding hydrogens is 1270 g/mol. The topological polar surface area (TPSA) is 469 Å². The Morgan fingerprint density at radius 3 is 1.61 bits per heavy atom. The molecule has 2 aliphatic heterocycles. The number of nitrogens with zero attached hydrogens (tertiary/aromatic N) is 8. The first-order valence-electron chi connectivity index (χ1n) is 22.5. The maximum atomic E-state index is 13.1. The molecule has 40 heteroatoms. The van der Waals surface area contributed by atoms with Gasteiger partial charge in [0, 0.05) is 25.2 Å². The quantitative estimate of drug-likeness (QED) is 0.0231. The second-order valence-electron chi connectivity index (χ2n) is 16.6. The molecule has 11 N–H and O–H groups in total. The minimum Gasteiger partial charge on any atom is -0.451 e. The summed E-state index contributed by atoms with van der Waals surface area (Å²) in [6.45, 7) is 1.69. The van der Waals surface area contributed by atoms with Gasteiger partial charge in [0.15, 0.2) is 27.7 Å². The summed E-state index contributed by atoms with van der Waals surface area (Å²) in [4.78, 5) is 28.9. The smallest absolute Gasteiger partial charge is 0.300 e. The van der Waals surface area contributed by atoms with E-state index in [0.717, 1.165) is 24.3 Å². The molecule has 1 aliphatic carbocycles. The zero-order chi connectivity index (χ0) is 59.4. The number of benzene rings is 5. The minimum atomic E-state index is -5.07. The molecular formula is C42H34Cl4N14O17S5. The third-order valence-corrected chi connectivity index (χ3v) is 16.7. The first-order valence-corrected chi connectivity index (χ1v) is 31.2. The van der Waals surface area contributed by atoms with E-state index in [0.29, 0.717) is 17.7 Å². The van der Waals surface area contributed by atoms with Gasteiger partial charge in [-0.25, -0.2) is 4.98 Å². The fraction of sp³-hybridized carbons (Fsp3) is 0.143. The van der Waals surface area contributed by atoms with E-state index in [1.807, 2.05) is 0 Å². The van der Waals surface area contributed by atoms with Crippen LogP contribution in [-0.4, -0.2) is 126 Å². The number of halogens is 4. The van der Waals surface area contributed by atoms with E-state index in [2.05, 4.69) is 66.8 Å². The molecule has 82 heavy (non-hydrogen) atoms. The number of anilines is 9. The predicted molar refractivity (Wildman–Crippen MR) is 294 cm³/mol. The van der Waals surface area contributed by atoms with Crippen molar-refractivity contribution < 1.29 is 74.0 Å². The third-order valence-electron chi connectivity index (χ3n) is 11.3. The zero-order valence-corrected chi connectivity index (χ0v) is 47.7. The van der Waals surface area contributed by atoms with Gasteiger partial charge in [0.1, 0.15) is 36.7 Å². The summed E-state index contributed by atoms with van der Waals surface area (Å²) in [6, 6.07) is 10.5. The van der Waals surface area contributed by atoms with E-state index in [1.165, 1.54) is 12.1 Å². The highest BCUT2D eigenvalue weighted by atomic mass is 35.5. The van der Waals surface area contributed by atoms with Crippen LogP contribution in [-0.2, 0) is 57.0 Å². The molecule has 0 atom stereocenters. The predicted octanol–water partition coefficient (Wildman–Crippen LogP) is 6.59. The lowest BCUT2D eigenvalue weighted by atomic mass is 10.0. The number of aryl methyl sites for hydroxylation is 1. The molecule has 0 spiro atoms. The van der Waals surface area contributed by atoms with Crippen LogP contribution in [0, 0.1) is 0 Å². The highest BCUT2D eigenvalue weighted by molar-refractivity contribution is 7.87. The molecule has 9 rings (SSSR count). The normalized spacial score (nSPS) is 13.0. The second kappa shape index (κ2) is 22.5. The Morgan fingerprint density at radius 2 is 1.09 bits per heavy atom. The van der Waals surface area contributed by atoms with Crippen molar-refractivity contribution in [2.45, 2.75) is 37.8 Å². The van der Waals surface area contributed by atoms with Crippen LogP contribution in [0.4, 0.5) is 52.2 Å². The van der Waals surface area contributed by atoms with Gasteiger partial charge < -0.3 is 41.1 Å². The van der Waals surface area contributed by atoms with E-state index in [4.69, 9.17) is 60.5 Å². The molecule has 0 bridgehead atoms. The monoisotopic (exact) mass is 1310 g/mol. The van der Waals surface area contributed by atoms with E-state index in [1.54, 1.807) is 19.1 Å². The van der Waals surface area contributed by atoms with Crippen molar-refractivity contribution in [1.29, 1.82) is 0 Å². The molecule has 31 nitrogen and oxygen atoms in total. The van der Waals surface area contributed by atoms with E-state index in [9.17, 15) is 64.9 Å². The van der Waals surface area contributed by atoms with Crippen LogP contribution in [0.5, 0.6) is 11.5 Å². The highest BCUT2D eigenvalue weighted by Gasteiger charge is 2.34. The second-order valence-corrected chi connectivity index (χ2v) is 25.1. The van der Waals surface area contributed by atoms with E-state index < -0.39 is 86.0 Å². The van der Waals surface area contributed by atoms with Crippen LogP contribution in [0.3, 0.4) is 0 Å². The molecule has 0 unspecified atom stereocenters. The van der Waals surface area contributed by atoms with Crippen molar-refractivity contribution in [3.8, 4) is 23.0 Å². The van der Waals surface area contributed by atoms with Crippen LogP contribution < -0.4 is 42.0 Å². The first-order chi connectivity index (χ1) is 38.4. The molecule has 0 saturated heterocycles. The number of rotatable bonds is 19. The maximum absolute atomic E-state index is 13.1. The van der Waals surface area contributed by atoms with Gasteiger partial charge >= 0.3 is 0 Å². The summed E-state index contributed by atoms with van der Waals surface area (Å²) < 4.78 is 182. The summed E-state index contributed by atoms with van der Waals surface area (Å²) in [7, 11) is -24.9. The molecule has 0 radical (unpaired) electrons. The van der Waals surface area contributed by atoms with Crippen LogP contribution in [0.1, 0.15) is 12.5 Å². The van der Waals surface area contributed by atoms with E-state index >= 15 is 0 Å². The SMILES string of the molecule is CCc1c2c(c(Cl)c3oc4c(Cl)c(=NCCNc5nc(Cl)nc(Nc6ccc(S(=O)(=O)O)cc6S(=O)(=O)O)n5)ccc-4nc13)Nc1ccc(NCCNc3nc(Cl)nc(Nc4ccc(S(=O)(=O)O)cc4S(=O)(=O)O)n3)c(S(=O)(=O)O)c1O2. The maximum Gasteiger partial charge on any atom is 0.300 e. The van der Waals surface area contributed by atoms with Gasteiger partial charge in [-0.15, -0.1) is 0 Å². The van der Waals surface area contributed by atoms with Gasteiger partial charge in [0.25, 0.3) is 50.6 Å². The van der Waals surface area contributed by atoms with Gasteiger partial charge in [-0.05, 0) is 90.3 Å². The molecule has 432 valence electrons. The van der Waals surface area contributed by atoms with Crippen molar-refractivity contribution in [3.05, 3.63) is 92.2 Å². The number of hydrogen-bond acceptors (Lipinski definition) is 26. The van der Waals surface area contributed by atoms with Crippen LogP contribution in [0.2, 0.25) is 20.6 Å². The summed E-state index contributed by atoms with van der Waals surface area (Å²) in [5.74, 6) is -1.20. The van der Waals surface area contributed by atoms with Crippen molar-refractivity contribution in [1.82, 2.24) is 34.9 Å². The summed E-state index contributed by atoms with van der Waals surface area (Å²) >= 11 is 26.0. The average Bonchev–Trinajstić information content (AvgIpc) is 2.01. The van der Waals surface area contributed by atoms with Crippen molar-refractivity contribution >= 4 is 160 Å². The van der Waals surface area contributed by atoms with Gasteiger partial charge in [-0.3, -0.25) is 27.8 Å². The summed E-state index contributed by atoms with van der Waals surface area (Å²) in [5.41, 5.74) is 0.230. The van der Waals surface area contributed by atoms with Gasteiger partial charge in [-0.2, -0.15) is 72.0 Å². The average molecular weight is 1310 g/mol. The lowest BCUT2D eigenvalue weighted by molar-refractivity contribution is 0.446. The molecule has 4 heterocycles. The van der Waals surface area contributed by atoms with Gasteiger partial charge in [0.05, 0.1) is 44.4 Å². The Hall–Kier alpha value is -7.17. The number of hydrogen-bond donors (Lipinski definition) is 11. The van der Waals surface area contributed by atoms with Crippen LogP contribution in [0.25, 0.3) is 22.6 Å². The Kier molecular flexibility index (Phi) is 16.3. The Balaban J connectivity index is 0.912. The zero-order valence-electron chi connectivity index (χ0n) is 40.6. The van der Waals surface area contributed by atoms with Crippen molar-refractivity contribution in [2.24, 2.45) is 4.99 Å². The lowest BCUT2D eigenvalue weighted by Gasteiger charge is -2.28. The highest BCUT2D eigenvalue weighted by Crippen LogP contribution is 2.54. The molecule has 4 aromatic carbocycles. The molecule has 2 aromatic heterocycles. The third kappa shape index (κ3) is 12.9. The fourth-order valence-corrected chi connectivity index (χ4v) is 12.0. The molecule has 0 amide bonds. The Labute approximate surface area is 482 Å². The van der Waals surface area contributed by atoms with Crippen molar-refractivity contribution in [2.75, 3.05) is 58.1 Å². The number of fused-ring (bicyclic) bond motifs is 4. The van der Waals surface area contributed by atoms with Crippen molar-refractivity contribution in [3.63, 3.8) is 0 Å². The van der Waals surface area contributed by atoms with Crippen LogP contribution in [0.15, 0.2) is 94.6 Å². The first kappa shape index (κ1) is 59.5. The Morgan fingerprint density at radius 1 is 0.561 bits per heavy atom. The number of nitrogens with one attached hydrogen (secondary N) is 6. The summed E-state index contributed by atoms with van der Waals surface area (Å²) in [6.07, 6.45) is 0.222. The summed E-state index contributed by atoms with van der Waals surface area (Å²) in [5, 5.41) is 16.1. The largest absolute Gasteiger partial charge is 0.451 e. The fourth-order valence-electron chi connectivity index (χ4n) is 7.82.